The van der Waals surface area contributed by atoms with E-state index < -0.39 is 5.97 Å². The van der Waals surface area contributed by atoms with Gasteiger partial charge in [0.2, 0.25) is 0 Å². The number of hydrogen-bond acceptors (Lipinski definition) is 4. The molecule has 0 bridgehead atoms. The van der Waals surface area contributed by atoms with Crippen LogP contribution in [0.1, 0.15) is 90.4 Å². The zero-order chi connectivity index (χ0) is 31.4. The molecule has 0 aliphatic rings. The van der Waals surface area contributed by atoms with Gasteiger partial charge in [-0.3, -0.25) is 14.5 Å². The Morgan fingerprint density at radius 2 is 1.88 bits per heavy atom. The smallest absolute Gasteiger partial charge is 0.335 e. The molecule has 3 aromatic rings. The minimum Gasteiger partial charge on any atom is -0.478 e. The molecule has 0 radical (unpaired) electrons. The van der Waals surface area contributed by atoms with Crippen molar-refractivity contribution in [2.75, 3.05) is 0 Å². The minimum absolute atomic E-state index is 0.205. The van der Waals surface area contributed by atoms with E-state index in [1.807, 2.05) is 31.6 Å². The number of carbonyl (C=O) groups is 2. The predicted molar refractivity (Wildman–Crippen MR) is 176 cm³/mol. The lowest BCUT2D eigenvalue weighted by molar-refractivity contribution is 0.0696. The van der Waals surface area contributed by atoms with Crippen molar-refractivity contribution in [2.24, 2.45) is 18.0 Å². The van der Waals surface area contributed by atoms with Gasteiger partial charge in [-0.05, 0) is 84.2 Å². The van der Waals surface area contributed by atoms with Crippen molar-refractivity contribution in [3.05, 3.63) is 106 Å². The molecule has 7 nitrogen and oxygen atoms in total. The van der Waals surface area contributed by atoms with Crippen LogP contribution < -0.4 is 5.32 Å². The van der Waals surface area contributed by atoms with Crippen molar-refractivity contribution in [3.8, 4) is 11.3 Å². The molecule has 1 heterocycles. The van der Waals surface area contributed by atoms with Crippen LogP contribution >= 0.6 is 0 Å². The van der Waals surface area contributed by atoms with Gasteiger partial charge in [0.05, 0.1) is 11.3 Å². The number of rotatable bonds is 15. The number of hydrogen-bond donors (Lipinski definition) is 2. The molecule has 226 valence electrons. The number of carbonyl (C=O) groups excluding carboxylic acids is 1. The maximum absolute atomic E-state index is 12.9. The van der Waals surface area contributed by atoms with Gasteiger partial charge in [-0.25, -0.2) is 4.79 Å². The summed E-state index contributed by atoms with van der Waals surface area (Å²) >= 11 is 0. The maximum atomic E-state index is 12.9. The number of unbranched alkanes of at least 4 members (excludes halogenated alkanes) is 2. The number of amides is 1. The monoisotopic (exact) mass is 580 g/mol. The first-order valence-electron chi connectivity index (χ1n) is 15.0. The molecule has 1 atom stereocenters. The lowest BCUT2D eigenvalue weighted by atomic mass is 9.91. The third-order valence-corrected chi connectivity index (χ3v) is 7.53. The van der Waals surface area contributed by atoms with E-state index in [1.165, 1.54) is 17.7 Å². The van der Waals surface area contributed by atoms with Crippen LogP contribution in [0.15, 0.2) is 83.5 Å². The van der Waals surface area contributed by atoms with Crippen molar-refractivity contribution in [2.45, 2.75) is 66.3 Å². The summed E-state index contributed by atoms with van der Waals surface area (Å²) in [6.45, 7) is 13.1. The third-order valence-electron chi connectivity index (χ3n) is 7.53. The quantitative estimate of drug-likeness (QED) is 0.108. The summed E-state index contributed by atoms with van der Waals surface area (Å²) in [6.07, 6.45) is 13.2. The summed E-state index contributed by atoms with van der Waals surface area (Å²) < 4.78 is 1.72. The van der Waals surface area contributed by atoms with E-state index in [0.29, 0.717) is 11.6 Å². The number of benzene rings is 2. The summed E-state index contributed by atoms with van der Waals surface area (Å²) in [5, 5.41) is 16.4. The van der Waals surface area contributed by atoms with E-state index in [4.69, 9.17) is 5.11 Å². The van der Waals surface area contributed by atoms with Gasteiger partial charge in [0.25, 0.3) is 5.91 Å². The summed E-state index contributed by atoms with van der Waals surface area (Å²) in [6, 6.07) is 14.5. The van der Waals surface area contributed by atoms with Crippen LogP contribution in [-0.2, 0) is 13.6 Å². The van der Waals surface area contributed by atoms with E-state index in [-0.39, 0.29) is 18.0 Å². The summed E-state index contributed by atoms with van der Waals surface area (Å²) in [5.74, 6) is -0.773. The summed E-state index contributed by atoms with van der Waals surface area (Å²) in [4.78, 5) is 28.6. The fraction of sp³-hybridized carbons (Fsp3) is 0.333. The number of aromatic nitrogens is 2. The molecule has 1 amide bonds. The van der Waals surface area contributed by atoms with Crippen molar-refractivity contribution >= 4 is 24.2 Å². The third kappa shape index (κ3) is 9.50. The number of aryl methyl sites for hydroxylation is 2. The molecule has 0 fully saturated rings. The van der Waals surface area contributed by atoms with Gasteiger partial charge in [0, 0.05) is 31.6 Å². The molecular formula is C36H44N4O3. The normalized spacial score (nSPS) is 12.9. The van der Waals surface area contributed by atoms with Gasteiger partial charge in [0.1, 0.15) is 0 Å². The van der Waals surface area contributed by atoms with Crippen molar-refractivity contribution < 1.29 is 14.7 Å². The highest BCUT2D eigenvalue weighted by Gasteiger charge is 2.15. The fourth-order valence-electron chi connectivity index (χ4n) is 4.58. The van der Waals surface area contributed by atoms with Crippen LogP contribution in [0.25, 0.3) is 17.3 Å². The van der Waals surface area contributed by atoms with E-state index in [2.05, 4.69) is 67.9 Å². The van der Waals surface area contributed by atoms with Crippen LogP contribution in [-0.4, -0.2) is 33.0 Å². The van der Waals surface area contributed by atoms with Crippen LogP contribution in [0, 0.1) is 12.8 Å². The Hall–Kier alpha value is -4.52. The highest BCUT2D eigenvalue weighted by Crippen LogP contribution is 2.29. The second-order valence-electron chi connectivity index (χ2n) is 10.9. The van der Waals surface area contributed by atoms with Gasteiger partial charge in [-0.2, -0.15) is 5.10 Å². The van der Waals surface area contributed by atoms with E-state index >= 15 is 0 Å². The molecule has 0 saturated carbocycles. The summed E-state index contributed by atoms with van der Waals surface area (Å²) in [7, 11) is 1.83. The largest absolute Gasteiger partial charge is 0.478 e. The molecule has 2 aromatic carbocycles. The second kappa shape index (κ2) is 16.2. The van der Waals surface area contributed by atoms with Gasteiger partial charge in [0.15, 0.2) is 5.69 Å². The Bertz CT molecular complexity index is 1510. The number of aliphatic imine (C=N–C) groups is 1. The number of nitrogens with zero attached hydrogens (tertiary/aromatic N) is 3. The van der Waals surface area contributed by atoms with Crippen molar-refractivity contribution in [3.63, 3.8) is 0 Å². The molecule has 7 heteroatoms. The van der Waals surface area contributed by atoms with Crippen LogP contribution in [0.3, 0.4) is 0 Å². The molecule has 43 heavy (non-hydrogen) atoms. The average molecular weight is 581 g/mol. The highest BCUT2D eigenvalue weighted by atomic mass is 16.4. The van der Waals surface area contributed by atoms with E-state index in [0.717, 1.165) is 65.6 Å². The molecule has 0 aliphatic carbocycles. The second-order valence-corrected chi connectivity index (χ2v) is 10.9. The van der Waals surface area contributed by atoms with E-state index in [9.17, 15) is 9.59 Å². The Morgan fingerprint density at radius 3 is 2.53 bits per heavy atom. The number of aromatic carboxylic acids is 1. The zero-order valence-corrected chi connectivity index (χ0v) is 26.1. The zero-order valence-electron chi connectivity index (χ0n) is 26.1. The Kier molecular flexibility index (Phi) is 12.4. The predicted octanol–water partition coefficient (Wildman–Crippen LogP) is 8.17. The Morgan fingerprint density at radius 1 is 1.14 bits per heavy atom. The van der Waals surface area contributed by atoms with Gasteiger partial charge >= 0.3 is 5.97 Å². The first-order valence-corrected chi connectivity index (χ1v) is 15.0. The number of carboxylic acids is 1. The first kappa shape index (κ1) is 33.0. The molecule has 0 saturated heterocycles. The molecule has 2 N–H and O–H groups in total. The molecule has 0 spiro atoms. The SMILES string of the molecule is C=CC(=C\N=CCCCC)/C(=C/c1cc(-c2cc(C(=O)NCc3ccc(C(=O)O)cc3)nn2C)ccc1C)CC(C)CC. The summed E-state index contributed by atoms with van der Waals surface area (Å²) in [5.41, 5.74) is 7.56. The first-order chi connectivity index (χ1) is 20.7. The molecule has 3 rings (SSSR count). The number of nitrogens with one attached hydrogen (secondary N) is 1. The number of carboxylic acid groups (broad SMARTS) is 1. The Balaban J connectivity index is 1.87. The Labute approximate surface area is 255 Å². The van der Waals surface area contributed by atoms with Crippen LogP contribution in [0.4, 0.5) is 0 Å². The van der Waals surface area contributed by atoms with Crippen molar-refractivity contribution in [1.29, 1.82) is 0 Å². The minimum atomic E-state index is -0.984. The molecule has 1 aromatic heterocycles. The van der Waals surface area contributed by atoms with Gasteiger partial charge in [-0.1, -0.05) is 76.6 Å². The molecular weight excluding hydrogens is 536 g/mol. The van der Waals surface area contributed by atoms with E-state index in [1.54, 1.807) is 22.9 Å². The van der Waals surface area contributed by atoms with Crippen LogP contribution in [0.2, 0.25) is 0 Å². The molecule has 1 unspecified atom stereocenters. The van der Waals surface area contributed by atoms with Crippen molar-refractivity contribution in [1.82, 2.24) is 15.1 Å². The highest BCUT2D eigenvalue weighted by molar-refractivity contribution is 5.93. The lowest BCUT2D eigenvalue weighted by Crippen LogP contribution is -2.23. The standard InChI is InChI=1S/C36H44N4O3/c1-7-10-11-18-37-24-28(9-3)32(19-25(4)8-2)21-31-20-30(15-12-26(31)5)34-22-33(39-40(34)6)35(41)38-23-27-13-16-29(17-14-27)36(42)43/h9,12-18,20-22,24-25H,3,7-8,10-11,19,23H2,1-2,4-6H3,(H,38,41)(H,42,43)/b28-24+,32-21+,37-18?. The van der Waals surface area contributed by atoms with Gasteiger partial charge < -0.3 is 10.4 Å². The maximum Gasteiger partial charge on any atom is 0.335 e. The lowest BCUT2D eigenvalue weighted by Gasteiger charge is -2.15. The fourth-order valence-corrected chi connectivity index (χ4v) is 4.58. The number of allylic oxidation sites excluding steroid dienone is 3. The molecule has 0 aliphatic heterocycles. The topological polar surface area (TPSA) is 96.6 Å². The van der Waals surface area contributed by atoms with Crippen LogP contribution in [0.5, 0.6) is 0 Å². The average Bonchev–Trinajstić information content (AvgIpc) is 3.40. The van der Waals surface area contributed by atoms with Gasteiger partial charge in [-0.15, -0.1) is 0 Å².